The molecule has 2 heterocycles. The maximum Gasteiger partial charge on any atom is 0.453 e. The minimum absolute atomic E-state index is 0.153. The van der Waals surface area contributed by atoms with Gasteiger partial charge in [0.2, 0.25) is 0 Å². The number of rotatable bonds is 4. The maximum atomic E-state index is 13.1. The summed E-state index contributed by atoms with van der Waals surface area (Å²) in [4.78, 5) is 3.55. The minimum atomic E-state index is -4.81. The van der Waals surface area contributed by atoms with Gasteiger partial charge in [-0.25, -0.2) is 13.4 Å². The van der Waals surface area contributed by atoms with Crippen LogP contribution in [0.15, 0.2) is 35.4 Å². The van der Waals surface area contributed by atoms with E-state index in [0.717, 1.165) is 17.0 Å². The number of nitrogens with zero attached hydrogens (tertiary/aromatic N) is 5. The molecule has 0 radical (unpaired) electrons. The number of benzene rings is 1. The molecule has 0 aliphatic rings. The average molecular weight is 434 g/mol. The Labute approximate surface area is 161 Å². The first kappa shape index (κ1) is 20.0. The lowest BCUT2D eigenvalue weighted by Crippen LogP contribution is -2.10. The summed E-state index contributed by atoms with van der Waals surface area (Å²) in [6.45, 7) is 0. The summed E-state index contributed by atoms with van der Waals surface area (Å²) in [6, 6.07) is 6.54. The van der Waals surface area contributed by atoms with Crippen molar-refractivity contribution in [2.45, 2.75) is 11.2 Å². The average Bonchev–Trinajstić information content (AvgIpc) is 3.07. The second kappa shape index (κ2) is 7.02. The highest BCUT2D eigenvalue weighted by molar-refractivity contribution is 7.90. The fourth-order valence-electron chi connectivity index (χ4n) is 2.20. The van der Waals surface area contributed by atoms with E-state index in [1.165, 1.54) is 31.4 Å². The summed E-state index contributed by atoms with van der Waals surface area (Å²) in [5.74, 6) is -1.53. The first-order chi connectivity index (χ1) is 13.0. The van der Waals surface area contributed by atoms with E-state index in [1.54, 1.807) is 0 Å². The number of aromatic nitrogens is 5. The predicted octanol–water partition coefficient (Wildman–Crippen LogP) is 2.81. The highest BCUT2D eigenvalue weighted by Gasteiger charge is 2.37. The van der Waals surface area contributed by atoms with E-state index >= 15 is 0 Å². The van der Waals surface area contributed by atoms with Gasteiger partial charge in [0.15, 0.2) is 26.5 Å². The van der Waals surface area contributed by atoms with Crippen LogP contribution in [0.5, 0.6) is 5.75 Å². The minimum Gasteiger partial charge on any atom is -0.495 e. The summed E-state index contributed by atoms with van der Waals surface area (Å²) in [6.07, 6.45) is -3.88. The molecule has 0 aliphatic heterocycles. The largest absolute Gasteiger partial charge is 0.495 e. The van der Waals surface area contributed by atoms with Gasteiger partial charge in [-0.15, -0.1) is 15.3 Å². The SMILES string of the molecule is COc1cc(-c2nc(C(F)(F)F)nn2-c2ccc(S(C)(=O)=O)nn2)ccc1Cl. The first-order valence-electron chi connectivity index (χ1n) is 7.43. The zero-order valence-corrected chi connectivity index (χ0v) is 15.8. The third-order valence-corrected chi connectivity index (χ3v) is 4.78. The molecule has 1 aromatic carbocycles. The van der Waals surface area contributed by atoms with Crippen LogP contribution in [0.25, 0.3) is 17.2 Å². The van der Waals surface area contributed by atoms with E-state index in [0.29, 0.717) is 0 Å². The molecule has 0 bridgehead atoms. The standard InChI is InChI=1S/C15H11ClF3N5O3S/c1-27-10-7-8(3-4-9(10)16)13-20-14(15(17,18)19)23-24(13)11-5-6-12(22-21-11)28(2,25)26/h3-7H,1-2H3. The third-order valence-electron chi connectivity index (χ3n) is 3.49. The van der Waals surface area contributed by atoms with E-state index in [2.05, 4.69) is 20.3 Å². The summed E-state index contributed by atoms with van der Waals surface area (Å²) in [5, 5.41) is 10.6. The number of methoxy groups -OCH3 is 1. The fourth-order valence-corrected chi connectivity index (χ4v) is 2.90. The molecular weight excluding hydrogens is 423 g/mol. The summed E-state index contributed by atoms with van der Waals surface area (Å²) < 4.78 is 68.3. The van der Waals surface area contributed by atoms with Crippen molar-refractivity contribution in [1.82, 2.24) is 25.0 Å². The molecular formula is C15H11ClF3N5O3S. The van der Waals surface area contributed by atoms with Crippen LogP contribution in [-0.2, 0) is 16.0 Å². The summed E-state index contributed by atoms with van der Waals surface area (Å²) in [5.41, 5.74) is 0.221. The van der Waals surface area contributed by atoms with Crippen molar-refractivity contribution in [3.63, 3.8) is 0 Å². The van der Waals surface area contributed by atoms with Crippen LogP contribution in [0, 0.1) is 0 Å². The van der Waals surface area contributed by atoms with Gasteiger partial charge in [0.05, 0.1) is 12.1 Å². The lowest BCUT2D eigenvalue weighted by atomic mass is 10.2. The van der Waals surface area contributed by atoms with E-state index in [9.17, 15) is 21.6 Å². The van der Waals surface area contributed by atoms with Crippen molar-refractivity contribution < 1.29 is 26.3 Å². The molecule has 0 unspecified atom stereocenters. The molecule has 0 saturated carbocycles. The van der Waals surface area contributed by atoms with Crippen molar-refractivity contribution in [3.05, 3.63) is 41.2 Å². The Kier molecular flexibility index (Phi) is 5.02. The summed E-state index contributed by atoms with van der Waals surface area (Å²) >= 11 is 5.95. The Morgan fingerprint density at radius 2 is 1.86 bits per heavy atom. The van der Waals surface area contributed by atoms with Crippen molar-refractivity contribution >= 4 is 21.4 Å². The van der Waals surface area contributed by atoms with E-state index in [1.807, 2.05) is 0 Å². The number of ether oxygens (including phenoxy) is 1. The fraction of sp³-hybridized carbons (Fsp3) is 0.200. The highest BCUT2D eigenvalue weighted by Crippen LogP contribution is 2.33. The van der Waals surface area contributed by atoms with Gasteiger partial charge in [0.1, 0.15) is 5.75 Å². The Morgan fingerprint density at radius 3 is 2.39 bits per heavy atom. The van der Waals surface area contributed by atoms with E-state index < -0.39 is 21.8 Å². The lowest BCUT2D eigenvalue weighted by molar-refractivity contribution is -0.144. The van der Waals surface area contributed by atoms with Crippen LogP contribution < -0.4 is 4.74 Å². The molecule has 2 aromatic heterocycles. The van der Waals surface area contributed by atoms with Gasteiger partial charge < -0.3 is 4.74 Å². The second-order valence-corrected chi connectivity index (χ2v) is 7.89. The van der Waals surface area contributed by atoms with Crippen molar-refractivity contribution in [1.29, 1.82) is 0 Å². The van der Waals surface area contributed by atoms with Crippen molar-refractivity contribution in [2.24, 2.45) is 0 Å². The van der Waals surface area contributed by atoms with Gasteiger partial charge in [0.25, 0.3) is 5.82 Å². The highest BCUT2D eigenvalue weighted by atomic mass is 35.5. The van der Waals surface area contributed by atoms with Gasteiger partial charge in [0, 0.05) is 11.8 Å². The van der Waals surface area contributed by atoms with Crippen LogP contribution in [0.1, 0.15) is 5.82 Å². The molecule has 8 nitrogen and oxygen atoms in total. The van der Waals surface area contributed by atoms with Crippen LogP contribution >= 0.6 is 11.6 Å². The van der Waals surface area contributed by atoms with Crippen LogP contribution in [0.2, 0.25) is 5.02 Å². The predicted molar refractivity (Wildman–Crippen MR) is 92.1 cm³/mol. The molecule has 3 aromatic rings. The third kappa shape index (κ3) is 3.92. The Bertz CT molecular complexity index is 1130. The Hall–Kier alpha value is -2.73. The van der Waals surface area contributed by atoms with Gasteiger partial charge in [-0.3, -0.25) is 0 Å². The monoisotopic (exact) mass is 433 g/mol. The first-order valence-corrected chi connectivity index (χ1v) is 9.70. The molecule has 0 spiro atoms. The Morgan fingerprint density at radius 1 is 1.14 bits per heavy atom. The lowest BCUT2D eigenvalue weighted by Gasteiger charge is -2.08. The Balaban J connectivity index is 2.19. The molecule has 0 atom stereocenters. The molecule has 0 aliphatic carbocycles. The zero-order chi connectivity index (χ0) is 20.7. The number of sulfone groups is 1. The van der Waals surface area contributed by atoms with Gasteiger partial charge in [-0.2, -0.15) is 17.9 Å². The smallest absolute Gasteiger partial charge is 0.453 e. The molecule has 3 rings (SSSR count). The quantitative estimate of drug-likeness (QED) is 0.623. The summed E-state index contributed by atoms with van der Waals surface area (Å²) in [7, 11) is -2.27. The van der Waals surface area contributed by atoms with E-state index in [-0.39, 0.29) is 33.0 Å². The molecule has 13 heteroatoms. The molecule has 0 N–H and O–H groups in total. The number of halogens is 4. The maximum absolute atomic E-state index is 13.1. The van der Waals surface area contributed by atoms with Crippen LogP contribution in [0.4, 0.5) is 13.2 Å². The van der Waals surface area contributed by atoms with E-state index in [4.69, 9.17) is 16.3 Å². The van der Waals surface area contributed by atoms with Gasteiger partial charge >= 0.3 is 6.18 Å². The number of alkyl halides is 3. The zero-order valence-electron chi connectivity index (χ0n) is 14.3. The van der Waals surface area contributed by atoms with Crippen LogP contribution in [0.3, 0.4) is 0 Å². The molecule has 0 amide bonds. The second-order valence-electron chi connectivity index (χ2n) is 5.52. The number of hydrogen-bond donors (Lipinski definition) is 0. The molecule has 0 saturated heterocycles. The van der Waals surface area contributed by atoms with Crippen molar-refractivity contribution in [3.8, 4) is 23.0 Å². The van der Waals surface area contributed by atoms with Gasteiger partial charge in [-0.05, 0) is 30.3 Å². The molecule has 28 heavy (non-hydrogen) atoms. The normalized spacial score (nSPS) is 12.2. The molecule has 148 valence electrons. The van der Waals surface area contributed by atoms with Gasteiger partial charge in [-0.1, -0.05) is 11.6 Å². The topological polar surface area (TPSA) is 99.9 Å². The molecule has 0 fully saturated rings. The van der Waals surface area contributed by atoms with Crippen molar-refractivity contribution in [2.75, 3.05) is 13.4 Å². The van der Waals surface area contributed by atoms with Crippen LogP contribution in [-0.4, -0.2) is 46.7 Å². The number of hydrogen-bond acceptors (Lipinski definition) is 7.